The zero-order chi connectivity index (χ0) is 19.2. The number of aromatic hydroxyl groups is 2. The zero-order valence-electron chi connectivity index (χ0n) is 15.5. The molecule has 26 heavy (non-hydrogen) atoms. The van der Waals surface area contributed by atoms with Crippen LogP contribution in [0.25, 0.3) is 22.3 Å². The maximum atomic E-state index is 12.3. The van der Waals surface area contributed by atoms with Gasteiger partial charge in [-0.05, 0) is 55.1 Å². The number of benzene rings is 2. The first-order valence-corrected chi connectivity index (χ1v) is 8.68. The van der Waals surface area contributed by atoms with Gasteiger partial charge in [0.15, 0.2) is 16.8 Å². The van der Waals surface area contributed by atoms with E-state index in [1.165, 1.54) is 18.2 Å². The van der Waals surface area contributed by atoms with Gasteiger partial charge in [-0.15, -0.1) is 0 Å². The van der Waals surface area contributed by atoms with E-state index in [2.05, 4.69) is 4.90 Å². The highest BCUT2D eigenvalue weighted by Crippen LogP contribution is 2.34. The van der Waals surface area contributed by atoms with E-state index < -0.39 is 5.75 Å². The standard InChI is InChI=1S/C21H21NO4/c1-13-8-10-22(11-9-13)15-4-2-14(3-5-15)19-12-18(24)16-6-7-17(23)20(25)21(16)26-19/h2-7,12-13,23,25H,8-11H2,1H3/i13D. The minimum absolute atomic E-state index is 0.0210. The minimum atomic E-state index is -0.435. The number of phenols is 2. The molecule has 4 rings (SSSR count). The Morgan fingerprint density at radius 1 is 1.12 bits per heavy atom. The molecule has 0 aliphatic carbocycles. The summed E-state index contributed by atoms with van der Waals surface area (Å²) in [5.74, 6) is -0.782. The van der Waals surface area contributed by atoms with Crippen LogP contribution < -0.4 is 10.3 Å². The summed E-state index contributed by atoms with van der Waals surface area (Å²) in [6.45, 7) is 3.66. The van der Waals surface area contributed by atoms with Gasteiger partial charge < -0.3 is 19.5 Å². The van der Waals surface area contributed by atoms with Crippen molar-refractivity contribution >= 4 is 16.7 Å². The van der Waals surface area contributed by atoms with E-state index in [9.17, 15) is 15.0 Å². The molecule has 1 aliphatic rings. The molecule has 0 saturated carbocycles. The number of fused-ring (bicyclic) bond motifs is 1. The summed E-state index contributed by atoms with van der Waals surface area (Å²) in [7, 11) is 0. The first kappa shape index (κ1) is 15.3. The molecule has 0 radical (unpaired) electrons. The first-order chi connectivity index (χ1) is 12.8. The summed E-state index contributed by atoms with van der Waals surface area (Å²) >= 11 is 0. The molecule has 0 atom stereocenters. The van der Waals surface area contributed by atoms with Crippen molar-refractivity contribution in [2.75, 3.05) is 18.0 Å². The van der Waals surface area contributed by atoms with E-state index in [1.807, 2.05) is 31.2 Å². The van der Waals surface area contributed by atoms with Crippen molar-refractivity contribution < 1.29 is 16.0 Å². The Hall–Kier alpha value is -2.95. The summed E-state index contributed by atoms with van der Waals surface area (Å²) in [5, 5.41) is 19.9. The summed E-state index contributed by atoms with van der Waals surface area (Å²) in [5.41, 5.74) is 1.48. The van der Waals surface area contributed by atoms with Gasteiger partial charge in [-0.3, -0.25) is 4.79 Å². The number of hydrogen-bond donors (Lipinski definition) is 2. The Morgan fingerprint density at radius 3 is 2.50 bits per heavy atom. The van der Waals surface area contributed by atoms with Crippen molar-refractivity contribution in [2.24, 2.45) is 5.89 Å². The molecule has 1 aliphatic heterocycles. The quantitative estimate of drug-likeness (QED) is 0.679. The van der Waals surface area contributed by atoms with Crippen LogP contribution in [0, 0.1) is 5.89 Å². The molecule has 134 valence electrons. The molecule has 0 spiro atoms. The third-order valence-electron chi connectivity index (χ3n) is 4.98. The van der Waals surface area contributed by atoms with Crippen LogP contribution in [0.2, 0.25) is 0 Å². The van der Waals surface area contributed by atoms with E-state index in [0.717, 1.165) is 31.6 Å². The molecule has 2 N–H and O–H groups in total. The fourth-order valence-electron chi connectivity index (χ4n) is 3.32. The van der Waals surface area contributed by atoms with Crippen molar-refractivity contribution in [3.63, 3.8) is 0 Å². The summed E-state index contributed by atoms with van der Waals surface area (Å²) in [6.07, 6.45) is 1.66. The molecule has 2 aromatic carbocycles. The molecule has 1 saturated heterocycles. The zero-order valence-corrected chi connectivity index (χ0v) is 14.5. The Balaban J connectivity index is 1.66. The number of piperidine rings is 1. The average Bonchev–Trinajstić information content (AvgIpc) is 2.65. The number of nitrogens with zero attached hydrogens (tertiary/aromatic N) is 1. The van der Waals surface area contributed by atoms with Crippen LogP contribution in [-0.4, -0.2) is 23.3 Å². The largest absolute Gasteiger partial charge is 0.504 e. The molecule has 0 unspecified atom stereocenters. The van der Waals surface area contributed by atoms with Gasteiger partial charge in [0.2, 0.25) is 5.75 Å². The summed E-state index contributed by atoms with van der Waals surface area (Å²) < 4.78 is 13.8. The molecular formula is C21H21NO4. The molecule has 5 nitrogen and oxygen atoms in total. The Kier molecular flexibility index (Phi) is 3.77. The molecule has 1 aromatic heterocycles. The molecular weight excluding hydrogens is 330 g/mol. The topological polar surface area (TPSA) is 73.9 Å². The van der Waals surface area contributed by atoms with Gasteiger partial charge in [-0.1, -0.05) is 6.92 Å². The van der Waals surface area contributed by atoms with Crippen LogP contribution in [0.1, 0.15) is 21.1 Å². The Morgan fingerprint density at radius 2 is 1.81 bits per heavy atom. The number of phenolic OH excluding ortho intramolecular Hbond substituents is 2. The van der Waals surface area contributed by atoms with Crippen LogP contribution in [-0.2, 0) is 0 Å². The number of hydrogen-bond acceptors (Lipinski definition) is 5. The fraction of sp³-hybridized carbons (Fsp3) is 0.286. The SMILES string of the molecule is [2H]C1(C)CCN(c2ccc(-c3cc(=O)c4ccc(O)c(O)c4o3)cc2)CC1. The second kappa shape index (κ2) is 6.41. The van der Waals surface area contributed by atoms with Crippen LogP contribution in [0.3, 0.4) is 0 Å². The van der Waals surface area contributed by atoms with Crippen molar-refractivity contribution in [1.29, 1.82) is 0 Å². The second-order valence-electron chi connectivity index (χ2n) is 6.78. The molecule has 5 heteroatoms. The predicted octanol–water partition coefficient (Wildman–Crippen LogP) is 4.11. The van der Waals surface area contributed by atoms with Crippen molar-refractivity contribution in [3.8, 4) is 22.8 Å². The highest BCUT2D eigenvalue weighted by Gasteiger charge is 2.17. The van der Waals surface area contributed by atoms with Gasteiger partial charge in [-0.2, -0.15) is 0 Å². The van der Waals surface area contributed by atoms with Gasteiger partial charge in [0.1, 0.15) is 5.76 Å². The van der Waals surface area contributed by atoms with Gasteiger partial charge >= 0.3 is 0 Å². The van der Waals surface area contributed by atoms with Crippen LogP contribution >= 0.6 is 0 Å². The van der Waals surface area contributed by atoms with Gasteiger partial charge in [-0.25, -0.2) is 0 Å². The predicted molar refractivity (Wildman–Crippen MR) is 102 cm³/mol. The molecule has 1 fully saturated rings. The Labute approximate surface area is 152 Å². The maximum Gasteiger partial charge on any atom is 0.201 e. The monoisotopic (exact) mass is 352 g/mol. The van der Waals surface area contributed by atoms with E-state index in [-0.39, 0.29) is 28.0 Å². The van der Waals surface area contributed by atoms with Crippen LogP contribution in [0.15, 0.2) is 51.7 Å². The highest BCUT2D eigenvalue weighted by atomic mass is 16.4. The summed E-state index contributed by atoms with van der Waals surface area (Å²) in [6, 6.07) is 11.8. The molecule has 3 aromatic rings. The first-order valence-electron chi connectivity index (χ1n) is 9.18. The normalized spacial score (nSPS) is 17.3. The smallest absolute Gasteiger partial charge is 0.201 e. The van der Waals surface area contributed by atoms with E-state index in [1.54, 1.807) is 0 Å². The lowest BCUT2D eigenvalue weighted by Gasteiger charge is -2.32. The van der Waals surface area contributed by atoms with Gasteiger partial charge in [0.25, 0.3) is 0 Å². The third kappa shape index (κ3) is 2.90. The lowest BCUT2D eigenvalue weighted by atomic mass is 9.98. The van der Waals surface area contributed by atoms with Crippen molar-refractivity contribution in [2.45, 2.75) is 19.8 Å². The van der Waals surface area contributed by atoms with Crippen molar-refractivity contribution in [3.05, 3.63) is 52.7 Å². The van der Waals surface area contributed by atoms with E-state index in [0.29, 0.717) is 11.3 Å². The maximum absolute atomic E-state index is 12.3. The molecule has 0 bridgehead atoms. The highest BCUT2D eigenvalue weighted by molar-refractivity contribution is 5.86. The summed E-state index contributed by atoms with van der Waals surface area (Å²) in [4.78, 5) is 14.6. The second-order valence-corrected chi connectivity index (χ2v) is 6.78. The number of anilines is 1. The Bertz CT molecular complexity index is 1050. The number of rotatable bonds is 2. The van der Waals surface area contributed by atoms with Gasteiger partial charge in [0.05, 0.1) is 5.39 Å². The lowest BCUT2D eigenvalue weighted by Crippen LogP contribution is -2.32. The van der Waals surface area contributed by atoms with Crippen molar-refractivity contribution in [1.82, 2.24) is 0 Å². The fourth-order valence-corrected chi connectivity index (χ4v) is 3.32. The minimum Gasteiger partial charge on any atom is -0.504 e. The average molecular weight is 352 g/mol. The van der Waals surface area contributed by atoms with Crippen LogP contribution in [0.5, 0.6) is 11.5 Å². The van der Waals surface area contributed by atoms with E-state index in [4.69, 9.17) is 5.79 Å². The lowest BCUT2D eigenvalue weighted by molar-refractivity contribution is 0.400. The van der Waals surface area contributed by atoms with Crippen LogP contribution in [0.4, 0.5) is 5.69 Å². The molecule has 2 heterocycles. The molecule has 0 amide bonds. The van der Waals surface area contributed by atoms with E-state index >= 15 is 0 Å². The third-order valence-corrected chi connectivity index (χ3v) is 4.98. The van der Waals surface area contributed by atoms with Gasteiger partial charge in [0, 0.05) is 31.8 Å².